The van der Waals surface area contributed by atoms with E-state index in [1.165, 1.54) is 11.8 Å². The van der Waals surface area contributed by atoms with Gasteiger partial charge in [0.2, 0.25) is 0 Å². The minimum Gasteiger partial charge on any atom is -0.338 e. The molecule has 0 bridgehead atoms. The average Bonchev–Trinajstić information content (AvgIpc) is 3.55. The molecular weight excluding hydrogens is 474 g/mol. The van der Waals surface area contributed by atoms with Crippen LogP contribution in [0.4, 0.5) is 5.69 Å². The topological polar surface area (TPSA) is 80.1 Å². The zero-order valence-corrected chi connectivity index (χ0v) is 20.9. The summed E-state index contributed by atoms with van der Waals surface area (Å²) in [6, 6.07) is 17.1. The summed E-state index contributed by atoms with van der Waals surface area (Å²) in [6.45, 7) is 3.25. The number of carbonyl (C=O) groups excluding carboxylic acids is 2. The van der Waals surface area contributed by atoms with E-state index in [1.54, 1.807) is 22.9 Å². The average molecular weight is 500 g/mol. The molecule has 1 N–H and O–H groups in total. The highest BCUT2D eigenvalue weighted by Crippen LogP contribution is 2.30. The van der Waals surface area contributed by atoms with Crippen LogP contribution in [-0.2, 0) is 7.05 Å². The van der Waals surface area contributed by atoms with Crippen molar-refractivity contribution < 1.29 is 9.59 Å². The number of hydrogen-bond acceptors (Lipinski definition) is 4. The van der Waals surface area contributed by atoms with E-state index in [-0.39, 0.29) is 11.8 Å². The zero-order chi connectivity index (χ0) is 25.2. The first-order chi connectivity index (χ1) is 17.4. The van der Waals surface area contributed by atoms with Crippen LogP contribution in [0.3, 0.4) is 0 Å². The third kappa shape index (κ3) is 5.02. The molecule has 4 aromatic rings. The maximum Gasteiger partial charge on any atom is 0.257 e. The van der Waals surface area contributed by atoms with Crippen molar-refractivity contribution in [1.29, 1.82) is 0 Å². The zero-order valence-electron chi connectivity index (χ0n) is 20.1. The number of benzene rings is 2. The van der Waals surface area contributed by atoms with E-state index in [9.17, 15) is 9.59 Å². The predicted octanol–water partition coefficient (Wildman–Crippen LogP) is 5.33. The van der Waals surface area contributed by atoms with Gasteiger partial charge < -0.3 is 10.2 Å². The minimum absolute atomic E-state index is 0.0341. The van der Waals surface area contributed by atoms with E-state index in [0.717, 1.165) is 23.1 Å². The van der Waals surface area contributed by atoms with Gasteiger partial charge in [-0.2, -0.15) is 5.10 Å². The highest BCUT2D eigenvalue weighted by Gasteiger charge is 2.28. The molecule has 1 aliphatic rings. The molecule has 3 heterocycles. The van der Waals surface area contributed by atoms with Crippen molar-refractivity contribution in [3.63, 3.8) is 0 Å². The molecule has 2 aromatic carbocycles. The van der Waals surface area contributed by atoms with Crippen molar-refractivity contribution in [3.05, 3.63) is 101 Å². The van der Waals surface area contributed by atoms with Crippen molar-refractivity contribution in [3.8, 4) is 11.1 Å². The van der Waals surface area contributed by atoms with E-state index in [2.05, 4.69) is 39.7 Å². The second-order valence-corrected chi connectivity index (χ2v) is 9.50. The molecular formula is C28H26ClN5O2. The fourth-order valence-corrected chi connectivity index (χ4v) is 4.62. The van der Waals surface area contributed by atoms with Gasteiger partial charge in [0, 0.05) is 55.3 Å². The first-order valence-electron chi connectivity index (χ1n) is 11.8. The van der Waals surface area contributed by atoms with Crippen LogP contribution in [0.2, 0.25) is 5.15 Å². The number of aryl methyl sites for hydroxylation is 2. The van der Waals surface area contributed by atoms with Gasteiger partial charge in [0.25, 0.3) is 11.8 Å². The number of hydrogen-bond donors (Lipinski definition) is 1. The van der Waals surface area contributed by atoms with Gasteiger partial charge in [-0.25, -0.2) is 4.98 Å². The van der Waals surface area contributed by atoms with Crippen LogP contribution in [0, 0.1) is 6.92 Å². The third-order valence-corrected chi connectivity index (χ3v) is 6.84. The SMILES string of the molecule is Cc1ccc(C(=O)N2CCC(c3ccc(-c4cnn(C)c4)cc3)C2)cc1NC(=O)c1ccc(Cl)nc1. The molecule has 1 saturated heterocycles. The van der Waals surface area contributed by atoms with Crippen LogP contribution < -0.4 is 5.32 Å². The van der Waals surface area contributed by atoms with Gasteiger partial charge in [0.1, 0.15) is 5.15 Å². The lowest BCUT2D eigenvalue weighted by molar-refractivity contribution is 0.0790. The van der Waals surface area contributed by atoms with Crippen molar-refractivity contribution in [2.24, 2.45) is 7.05 Å². The fourth-order valence-electron chi connectivity index (χ4n) is 4.51. The smallest absolute Gasteiger partial charge is 0.257 e. The summed E-state index contributed by atoms with van der Waals surface area (Å²) in [4.78, 5) is 31.8. The number of nitrogens with zero attached hydrogens (tertiary/aromatic N) is 4. The van der Waals surface area contributed by atoms with Crippen molar-refractivity contribution in [2.75, 3.05) is 18.4 Å². The number of rotatable bonds is 5. The molecule has 1 aliphatic heterocycles. The highest BCUT2D eigenvalue weighted by atomic mass is 35.5. The maximum atomic E-state index is 13.3. The molecule has 0 radical (unpaired) electrons. The summed E-state index contributed by atoms with van der Waals surface area (Å²) >= 11 is 5.81. The Morgan fingerprint density at radius 2 is 1.78 bits per heavy atom. The van der Waals surface area contributed by atoms with Crippen LogP contribution >= 0.6 is 11.6 Å². The Morgan fingerprint density at radius 1 is 1.00 bits per heavy atom. The van der Waals surface area contributed by atoms with E-state index in [1.807, 2.05) is 43.4 Å². The largest absolute Gasteiger partial charge is 0.338 e. The highest BCUT2D eigenvalue weighted by molar-refractivity contribution is 6.29. The van der Waals surface area contributed by atoms with Gasteiger partial charge in [-0.3, -0.25) is 14.3 Å². The Hall–Kier alpha value is -3.97. The predicted molar refractivity (Wildman–Crippen MR) is 140 cm³/mol. The normalized spacial score (nSPS) is 15.2. The van der Waals surface area contributed by atoms with Gasteiger partial charge >= 0.3 is 0 Å². The van der Waals surface area contributed by atoms with Gasteiger partial charge in [0.15, 0.2) is 0 Å². The Kier molecular flexibility index (Phi) is 6.57. The van der Waals surface area contributed by atoms with Crippen molar-refractivity contribution in [1.82, 2.24) is 19.7 Å². The lowest BCUT2D eigenvalue weighted by Crippen LogP contribution is -2.28. The van der Waals surface area contributed by atoms with E-state index >= 15 is 0 Å². The molecule has 8 heteroatoms. The number of halogens is 1. The number of aromatic nitrogens is 3. The number of carbonyl (C=O) groups is 2. The second kappa shape index (κ2) is 9.95. The summed E-state index contributed by atoms with van der Waals surface area (Å²) in [5.74, 6) is -0.0464. The van der Waals surface area contributed by atoms with Crippen LogP contribution in [0.1, 0.15) is 44.2 Å². The molecule has 5 rings (SSSR count). The van der Waals surface area contributed by atoms with Gasteiger partial charge in [-0.1, -0.05) is 41.9 Å². The molecule has 1 fully saturated rings. The second-order valence-electron chi connectivity index (χ2n) is 9.11. The quantitative estimate of drug-likeness (QED) is 0.376. The summed E-state index contributed by atoms with van der Waals surface area (Å²) in [5, 5.41) is 7.45. The molecule has 2 amide bonds. The Labute approximate surface area is 214 Å². The number of anilines is 1. The molecule has 1 atom stereocenters. The monoisotopic (exact) mass is 499 g/mol. The Balaban J connectivity index is 1.26. The van der Waals surface area contributed by atoms with Gasteiger partial charge in [-0.05, 0) is 54.3 Å². The summed E-state index contributed by atoms with van der Waals surface area (Å²) in [6.07, 6.45) is 6.19. The summed E-state index contributed by atoms with van der Waals surface area (Å²) < 4.78 is 1.79. The molecule has 7 nitrogen and oxygen atoms in total. The molecule has 0 spiro atoms. The van der Waals surface area contributed by atoms with Crippen LogP contribution in [0.15, 0.2) is 73.2 Å². The third-order valence-electron chi connectivity index (χ3n) is 6.62. The first-order valence-corrected chi connectivity index (χ1v) is 12.2. The summed E-state index contributed by atoms with van der Waals surface area (Å²) in [5.41, 5.74) is 5.86. The standard InChI is InChI=1S/C28H26ClN5O2/c1-18-3-4-21(13-25(18)32-27(35)22-9-10-26(29)30-14-22)28(36)34-12-11-23(17-34)19-5-7-20(8-6-19)24-15-31-33(2)16-24/h3-10,13-16,23H,11-12,17H2,1-2H3,(H,32,35). The number of amides is 2. The minimum atomic E-state index is -0.303. The first kappa shape index (κ1) is 23.8. The van der Waals surface area contributed by atoms with E-state index < -0.39 is 0 Å². The molecule has 36 heavy (non-hydrogen) atoms. The molecule has 0 aliphatic carbocycles. The van der Waals surface area contributed by atoms with E-state index in [0.29, 0.717) is 41.0 Å². The molecule has 2 aromatic heterocycles. The Morgan fingerprint density at radius 3 is 2.47 bits per heavy atom. The fraction of sp³-hybridized carbons (Fsp3) is 0.214. The van der Waals surface area contributed by atoms with Gasteiger partial charge in [0.05, 0.1) is 11.8 Å². The molecule has 0 saturated carbocycles. The molecule has 1 unspecified atom stereocenters. The molecule has 182 valence electrons. The lowest BCUT2D eigenvalue weighted by atomic mass is 9.96. The van der Waals surface area contributed by atoms with Crippen LogP contribution in [-0.4, -0.2) is 44.6 Å². The number of nitrogens with one attached hydrogen (secondary N) is 1. The number of pyridine rings is 1. The van der Waals surface area contributed by atoms with Gasteiger partial charge in [-0.15, -0.1) is 0 Å². The van der Waals surface area contributed by atoms with Crippen molar-refractivity contribution >= 4 is 29.1 Å². The number of likely N-dealkylation sites (tertiary alicyclic amines) is 1. The lowest BCUT2D eigenvalue weighted by Gasteiger charge is -2.18. The summed E-state index contributed by atoms with van der Waals surface area (Å²) in [7, 11) is 1.91. The van der Waals surface area contributed by atoms with E-state index in [4.69, 9.17) is 11.6 Å². The van der Waals surface area contributed by atoms with Crippen molar-refractivity contribution in [2.45, 2.75) is 19.3 Å². The van der Waals surface area contributed by atoms with Crippen LogP contribution in [0.5, 0.6) is 0 Å². The maximum absolute atomic E-state index is 13.3. The van der Waals surface area contributed by atoms with Crippen LogP contribution in [0.25, 0.3) is 11.1 Å². The Bertz CT molecular complexity index is 1410.